The smallest absolute Gasteiger partial charge is 0.408 e. The lowest BCUT2D eigenvalue weighted by molar-refractivity contribution is -0.140. The third kappa shape index (κ3) is 9.41. The Hall–Kier alpha value is -3.35. The molecule has 0 aromatic heterocycles. The van der Waals surface area contributed by atoms with E-state index in [0.29, 0.717) is 6.54 Å². The molecule has 0 heterocycles. The predicted octanol–water partition coefficient (Wildman–Crippen LogP) is 6.92. The average Bonchev–Trinajstić information content (AvgIpc) is 2.83. The van der Waals surface area contributed by atoms with Crippen molar-refractivity contribution >= 4 is 23.6 Å². The van der Waals surface area contributed by atoms with Crippen LogP contribution >= 0.6 is 0 Å². The van der Waals surface area contributed by atoms with Crippen molar-refractivity contribution in [2.45, 2.75) is 106 Å². The summed E-state index contributed by atoms with van der Waals surface area (Å²) in [7, 11) is 0. The Kier molecular flexibility index (Phi) is 11.6. The van der Waals surface area contributed by atoms with E-state index >= 15 is 0 Å². The van der Waals surface area contributed by atoms with Gasteiger partial charge in [-0.05, 0) is 89.6 Å². The highest BCUT2D eigenvalue weighted by Gasteiger charge is 2.35. The van der Waals surface area contributed by atoms with E-state index in [4.69, 9.17) is 4.74 Å². The van der Waals surface area contributed by atoms with Gasteiger partial charge in [-0.3, -0.25) is 9.59 Å². The molecule has 2 N–H and O–H groups in total. The Morgan fingerprint density at radius 1 is 0.897 bits per heavy atom. The van der Waals surface area contributed by atoms with Gasteiger partial charge in [0.15, 0.2) is 0 Å². The van der Waals surface area contributed by atoms with Crippen LogP contribution in [0.2, 0.25) is 0 Å². The van der Waals surface area contributed by atoms with Gasteiger partial charge in [0.1, 0.15) is 17.7 Å². The van der Waals surface area contributed by atoms with Crippen LogP contribution in [0, 0.1) is 27.7 Å². The number of benzene rings is 2. The highest BCUT2D eigenvalue weighted by atomic mass is 16.6. The fourth-order valence-corrected chi connectivity index (χ4v) is 4.48. The van der Waals surface area contributed by atoms with Gasteiger partial charge in [0, 0.05) is 12.2 Å². The number of alkyl carbamates (subject to hydrolysis) is 1. The predicted molar refractivity (Wildman–Crippen MR) is 158 cm³/mol. The van der Waals surface area contributed by atoms with Crippen LogP contribution in [0.15, 0.2) is 36.4 Å². The Bertz CT molecular complexity index is 1130. The summed E-state index contributed by atoms with van der Waals surface area (Å²) in [5, 5.41) is 5.78. The van der Waals surface area contributed by atoms with Crippen molar-refractivity contribution < 1.29 is 19.1 Å². The standard InChI is InChI=1S/C32H47N3O4/c1-10-11-12-13-19-35(30(37)25(6)33-31(38)39-32(7,8)9)28(26-18-17-21(2)24(5)20-26)29(36)34-27-22(3)15-14-16-23(27)4/h14-18,20,25,28H,10-13,19H2,1-9H3,(H,33,38)(H,34,36). The highest BCUT2D eigenvalue weighted by Crippen LogP contribution is 2.28. The van der Waals surface area contributed by atoms with E-state index in [9.17, 15) is 14.4 Å². The van der Waals surface area contributed by atoms with Crippen LogP contribution < -0.4 is 10.6 Å². The molecule has 2 unspecified atom stereocenters. The molecule has 0 aliphatic carbocycles. The quantitative estimate of drug-likeness (QED) is 0.305. The number of amides is 3. The number of hydrogen-bond donors (Lipinski definition) is 2. The van der Waals surface area contributed by atoms with Gasteiger partial charge in [-0.1, -0.05) is 62.6 Å². The molecule has 0 radical (unpaired) electrons. The Morgan fingerprint density at radius 2 is 1.54 bits per heavy atom. The van der Waals surface area contributed by atoms with E-state index in [1.54, 1.807) is 32.6 Å². The number of nitrogens with one attached hydrogen (secondary N) is 2. The second-order valence-corrected chi connectivity index (χ2v) is 11.5. The Morgan fingerprint density at radius 3 is 2.10 bits per heavy atom. The first-order chi connectivity index (χ1) is 18.2. The molecule has 2 atom stereocenters. The number of carbonyl (C=O) groups excluding carboxylic acids is 3. The summed E-state index contributed by atoms with van der Waals surface area (Å²) in [5.41, 5.74) is 4.82. The fraction of sp³-hybridized carbons (Fsp3) is 0.531. The number of anilines is 1. The van der Waals surface area contributed by atoms with Gasteiger partial charge in [0.25, 0.3) is 5.91 Å². The van der Waals surface area contributed by atoms with Crippen LogP contribution in [0.4, 0.5) is 10.5 Å². The number of rotatable bonds is 11. The van der Waals surface area contributed by atoms with E-state index in [1.807, 2.05) is 64.1 Å². The molecule has 2 aromatic rings. The Labute approximate surface area is 234 Å². The largest absolute Gasteiger partial charge is 0.444 e. The van der Waals surface area contributed by atoms with E-state index in [0.717, 1.165) is 59.2 Å². The maximum atomic E-state index is 14.1. The fourth-order valence-electron chi connectivity index (χ4n) is 4.48. The van der Waals surface area contributed by atoms with Crippen LogP contribution in [0.5, 0.6) is 0 Å². The number of ether oxygens (including phenoxy) is 1. The zero-order chi connectivity index (χ0) is 29.3. The van der Waals surface area contributed by atoms with Gasteiger partial charge in [-0.2, -0.15) is 0 Å². The number of para-hydroxylation sites is 1. The summed E-state index contributed by atoms with van der Waals surface area (Å²) in [6.45, 7) is 17.4. The van der Waals surface area contributed by atoms with Crippen LogP contribution in [0.3, 0.4) is 0 Å². The molecule has 2 rings (SSSR count). The zero-order valence-electron chi connectivity index (χ0n) is 25.2. The van der Waals surface area contributed by atoms with E-state index in [1.165, 1.54) is 0 Å². The van der Waals surface area contributed by atoms with Crippen molar-refractivity contribution in [2.24, 2.45) is 0 Å². The second kappa shape index (κ2) is 14.2. The third-order valence-corrected chi connectivity index (χ3v) is 6.78. The van der Waals surface area contributed by atoms with Crippen LogP contribution in [-0.2, 0) is 14.3 Å². The molecular formula is C32H47N3O4. The molecule has 0 aliphatic rings. The minimum Gasteiger partial charge on any atom is -0.444 e. The lowest BCUT2D eigenvalue weighted by atomic mass is 9.97. The molecule has 0 spiro atoms. The van der Waals surface area contributed by atoms with Crippen LogP contribution in [0.1, 0.15) is 94.2 Å². The lowest BCUT2D eigenvalue weighted by Crippen LogP contribution is -2.51. The summed E-state index contributed by atoms with van der Waals surface area (Å²) in [6, 6.07) is 9.97. The number of hydrogen-bond acceptors (Lipinski definition) is 4. The first-order valence-corrected chi connectivity index (χ1v) is 14.0. The SMILES string of the molecule is CCCCCCN(C(=O)C(C)NC(=O)OC(C)(C)C)C(C(=O)Nc1c(C)cccc1C)c1ccc(C)c(C)c1. The maximum Gasteiger partial charge on any atom is 0.408 e. The first kappa shape index (κ1) is 31.9. The molecule has 214 valence electrons. The first-order valence-electron chi connectivity index (χ1n) is 14.0. The van der Waals surface area contributed by atoms with E-state index in [2.05, 4.69) is 17.6 Å². The molecule has 0 fully saturated rings. The Balaban J connectivity index is 2.51. The van der Waals surface area contributed by atoms with Gasteiger partial charge in [-0.15, -0.1) is 0 Å². The van der Waals surface area contributed by atoms with Crippen molar-refractivity contribution in [3.05, 3.63) is 64.2 Å². The summed E-state index contributed by atoms with van der Waals surface area (Å²) in [4.78, 5) is 42.1. The molecule has 2 aromatic carbocycles. The normalized spacial score (nSPS) is 12.8. The maximum absolute atomic E-state index is 14.1. The molecule has 0 aliphatic heterocycles. The number of unbranched alkanes of at least 4 members (excludes halogenated alkanes) is 3. The number of carbonyl (C=O) groups is 3. The molecule has 39 heavy (non-hydrogen) atoms. The third-order valence-electron chi connectivity index (χ3n) is 6.78. The topological polar surface area (TPSA) is 87.7 Å². The molecule has 0 saturated heterocycles. The zero-order valence-corrected chi connectivity index (χ0v) is 25.2. The van der Waals surface area contributed by atoms with E-state index < -0.39 is 23.8 Å². The summed E-state index contributed by atoms with van der Waals surface area (Å²) in [5.74, 6) is -0.624. The molecule has 3 amide bonds. The van der Waals surface area contributed by atoms with Crippen LogP contribution in [-0.4, -0.2) is 41.0 Å². The highest BCUT2D eigenvalue weighted by molar-refractivity contribution is 5.99. The monoisotopic (exact) mass is 537 g/mol. The van der Waals surface area contributed by atoms with Gasteiger partial charge in [0.2, 0.25) is 5.91 Å². The van der Waals surface area contributed by atoms with Crippen molar-refractivity contribution in [3.8, 4) is 0 Å². The number of nitrogens with zero attached hydrogens (tertiary/aromatic N) is 1. The number of aryl methyl sites for hydroxylation is 4. The second-order valence-electron chi connectivity index (χ2n) is 11.5. The minimum atomic E-state index is -0.881. The molecule has 7 nitrogen and oxygen atoms in total. The minimum absolute atomic E-state index is 0.288. The van der Waals surface area contributed by atoms with Crippen molar-refractivity contribution in [3.63, 3.8) is 0 Å². The average molecular weight is 538 g/mol. The van der Waals surface area contributed by atoms with Gasteiger partial charge >= 0.3 is 6.09 Å². The van der Waals surface area contributed by atoms with Gasteiger partial charge in [-0.25, -0.2) is 4.79 Å². The van der Waals surface area contributed by atoms with Gasteiger partial charge < -0.3 is 20.3 Å². The summed E-state index contributed by atoms with van der Waals surface area (Å²) < 4.78 is 5.38. The molecule has 0 saturated carbocycles. The van der Waals surface area contributed by atoms with Crippen LogP contribution in [0.25, 0.3) is 0 Å². The summed E-state index contributed by atoms with van der Waals surface area (Å²) >= 11 is 0. The molecular weight excluding hydrogens is 490 g/mol. The van der Waals surface area contributed by atoms with Crippen molar-refractivity contribution in [2.75, 3.05) is 11.9 Å². The van der Waals surface area contributed by atoms with E-state index in [-0.39, 0.29) is 11.8 Å². The van der Waals surface area contributed by atoms with Gasteiger partial charge in [0.05, 0.1) is 0 Å². The molecule has 0 bridgehead atoms. The molecule has 7 heteroatoms. The lowest BCUT2D eigenvalue weighted by Gasteiger charge is -2.34. The van der Waals surface area contributed by atoms with Crippen molar-refractivity contribution in [1.82, 2.24) is 10.2 Å². The van der Waals surface area contributed by atoms with Crippen molar-refractivity contribution in [1.29, 1.82) is 0 Å². The summed E-state index contributed by atoms with van der Waals surface area (Å²) in [6.07, 6.45) is 3.11.